The summed E-state index contributed by atoms with van der Waals surface area (Å²) in [5, 5.41) is 13.0. The summed E-state index contributed by atoms with van der Waals surface area (Å²) in [6.45, 7) is 2.58. The third-order valence-electron chi connectivity index (χ3n) is 2.67. The van der Waals surface area contributed by atoms with Gasteiger partial charge in [-0.2, -0.15) is 10.4 Å². The maximum atomic E-state index is 8.55. The molecule has 4 nitrogen and oxygen atoms in total. The van der Waals surface area contributed by atoms with E-state index in [2.05, 4.69) is 11.2 Å². The molecule has 86 valence electrons. The summed E-state index contributed by atoms with van der Waals surface area (Å²) < 4.78 is 1.67. The number of nitriles is 1. The number of aromatic nitrogens is 2. The predicted octanol–water partition coefficient (Wildman–Crippen LogP) is 2.35. The van der Waals surface area contributed by atoms with E-state index < -0.39 is 0 Å². The van der Waals surface area contributed by atoms with Gasteiger partial charge < -0.3 is 5.73 Å². The predicted molar refractivity (Wildman–Crippen MR) is 67.0 cm³/mol. The molecule has 0 saturated carbocycles. The molecule has 0 aliphatic heterocycles. The van der Waals surface area contributed by atoms with Gasteiger partial charge in [0.2, 0.25) is 0 Å². The molecule has 4 heteroatoms. The van der Waals surface area contributed by atoms with Gasteiger partial charge in [0.05, 0.1) is 24.7 Å². The molecule has 0 aliphatic rings. The third-order valence-corrected chi connectivity index (χ3v) is 2.67. The summed E-state index contributed by atoms with van der Waals surface area (Å²) in [6.07, 6.45) is 0.416. The zero-order chi connectivity index (χ0) is 12.3. The fourth-order valence-electron chi connectivity index (χ4n) is 1.76. The molecule has 0 bridgehead atoms. The van der Waals surface area contributed by atoms with Gasteiger partial charge in [-0.15, -0.1) is 0 Å². The van der Waals surface area contributed by atoms with E-state index in [1.165, 1.54) is 0 Å². The maximum Gasteiger partial charge on any atom is 0.122 e. The average molecular weight is 226 g/mol. The summed E-state index contributed by atoms with van der Waals surface area (Å²) in [5.74, 6) is 0.596. The standard InChI is InChI=1S/C13H14N4/c1-10-5-2-3-6-11(10)12-9-13(15)17(16-12)8-4-7-14/h2-3,5-6,9H,4,8,15H2,1H3. The first-order valence-corrected chi connectivity index (χ1v) is 5.48. The highest BCUT2D eigenvalue weighted by Gasteiger charge is 2.08. The van der Waals surface area contributed by atoms with Crippen LogP contribution in [0.3, 0.4) is 0 Å². The van der Waals surface area contributed by atoms with Gasteiger partial charge in [-0.3, -0.25) is 0 Å². The van der Waals surface area contributed by atoms with Gasteiger partial charge in [0.1, 0.15) is 5.82 Å². The number of nitrogens with two attached hydrogens (primary N) is 1. The van der Waals surface area contributed by atoms with Crippen LogP contribution in [0, 0.1) is 18.3 Å². The van der Waals surface area contributed by atoms with E-state index in [1.807, 2.05) is 37.3 Å². The molecule has 1 heterocycles. The van der Waals surface area contributed by atoms with Gasteiger partial charge in [-0.1, -0.05) is 24.3 Å². The number of rotatable bonds is 3. The minimum Gasteiger partial charge on any atom is -0.384 e. The van der Waals surface area contributed by atoms with Crippen molar-refractivity contribution in [3.8, 4) is 17.3 Å². The van der Waals surface area contributed by atoms with Gasteiger partial charge in [-0.05, 0) is 12.5 Å². The van der Waals surface area contributed by atoms with Gasteiger partial charge >= 0.3 is 0 Å². The van der Waals surface area contributed by atoms with Crippen molar-refractivity contribution in [2.75, 3.05) is 5.73 Å². The van der Waals surface area contributed by atoms with Crippen LogP contribution in [0.15, 0.2) is 30.3 Å². The minimum atomic E-state index is 0.416. The molecule has 1 aromatic heterocycles. The van der Waals surface area contributed by atoms with Crippen LogP contribution in [-0.2, 0) is 6.54 Å². The number of anilines is 1. The zero-order valence-corrected chi connectivity index (χ0v) is 9.72. The van der Waals surface area contributed by atoms with Crippen LogP contribution < -0.4 is 5.73 Å². The fraction of sp³-hybridized carbons (Fsp3) is 0.231. The van der Waals surface area contributed by atoms with Crippen molar-refractivity contribution in [1.29, 1.82) is 5.26 Å². The van der Waals surface area contributed by atoms with Crippen molar-refractivity contribution >= 4 is 5.82 Å². The Hall–Kier alpha value is -2.28. The molecule has 0 amide bonds. The van der Waals surface area contributed by atoms with Gasteiger partial charge in [0, 0.05) is 11.6 Å². The first-order chi connectivity index (χ1) is 8.22. The Labute approximate surface area is 100 Å². The van der Waals surface area contributed by atoms with Gasteiger partial charge in [0.25, 0.3) is 0 Å². The number of benzene rings is 1. The van der Waals surface area contributed by atoms with Crippen molar-refractivity contribution in [3.63, 3.8) is 0 Å². The second-order valence-corrected chi connectivity index (χ2v) is 3.90. The van der Waals surface area contributed by atoms with Crippen molar-refractivity contribution in [2.24, 2.45) is 0 Å². The SMILES string of the molecule is Cc1ccccc1-c1cc(N)n(CCC#N)n1. The molecule has 2 N–H and O–H groups in total. The van der Waals surface area contributed by atoms with E-state index >= 15 is 0 Å². The lowest BCUT2D eigenvalue weighted by Crippen LogP contribution is -2.03. The second-order valence-electron chi connectivity index (χ2n) is 3.90. The molecule has 0 spiro atoms. The van der Waals surface area contributed by atoms with Crippen molar-refractivity contribution in [2.45, 2.75) is 19.9 Å². The molecule has 0 radical (unpaired) electrons. The Bertz CT molecular complexity index is 563. The van der Waals surface area contributed by atoms with Crippen LogP contribution in [0.1, 0.15) is 12.0 Å². The molecule has 0 atom stereocenters. The molecule has 1 aromatic carbocycles. The van der Waals surface area contributed by atoms with Crippen molar-refractivity contribution in [3.05, 3.63) is 35.9 Å². The van der Waals surface area contributed by atoms with Crippen LogP contribution in [0.4, 0.5) is 5.82 Å². The monoisotopic (exact) mass is 226 g/mol. The molecule has 0 unspecified atom stereocenters. The number of hydrogen-bond acceptors (Lipinski definition) is 3. The van der Waals surface area contributed by atoms with E-state index in [1.54, 1.807) is 4.68 Å². The highest BCUT2D eigenvalue weighted by molar-refractivity contribution is 5.65. The van der Waals surface area contributed by atoms with Crippen LogP contribution in [-0.4, -0.2) is 9.78 Å². The number of aryl methyl sites for hydroxylation is 2. The summed E-state index contributed by atoms with van der Waals surface area (Å²) in [4.78, 5) is 0. The second kappa shape index (κ2) is 4.71. The Morgan fingerprint density at radius 3 is 2.88 bits per heavy atom. The van der Waals surface area contributed by atoms with Gasteiger partial charge in [0.15, 0.2) is 0 Å². The normalized spacial score (nSPS) is 10.1. The van der Waals surface area contributed by atoms with Crippen LogP contribution >= 0.6 is 0 Å². The molecule has 17 heavy (non-hydrogen) atoms. The number of nitrogen functional groups attached to an aromatic ring is 1. The quantitative estimate of drug-likeness (QED) is 0.873. The fourth-order valence-corrected chi connectivity index (χ4v) is 1.76. The molecule has 2 rings (SSSR count). The van der Waals surface area contributed by atoms with E-state index in [0.29, 0.717) is 18.8 Å². The number of nitrogens with zero attached hydrogens (tertiary/aromatic N) is 3. The zero-order valence-electron chi connectivity index (χ0n) is 9.72. The largest absolute Gasteiger partial charge is 0.384 e. The lowest BCUT2D eigenvalue weighted by atomic mass is 10.1. The molecule has 2 aromatic rings. The number of hydrogen-bond donors (Lipinski definition) is 1. The lowest BCUT2D eigenvalue weighted by Gasteiger charge is -2.01. The third kappa shape index (κ3) is 2.28. The van der Waals surface area contributed by atoms with Gasteiger partial charge in [-0.25, -0.2) is 4.68 Å². The van der Waals surface area contributed by atoms with Crippen molar-refractivity contribution in [1.82, 2.24) is 9.78 Å². The summed E-state index contributed by atoms with van der Waals surface area (Å²) in [6, 6.07) is 12.0. The first-order valence-electron chi connectivity index (χ1n) is 5.48. The van der Waals surface area contributed by atoms with Crippen LogP contribution in [0.25, 0.3) is 11.3 Å². The Morgan fingerprint density at radius 1 is 1.41 bits per heavy atom. The summed E-state index contributed by atoms with van der Waals surface area (Å²) in [5.41, 5.74) is 8.96. The minimum absolute atomic E-state index is 0.416. The highest BCUT2D eigenvalue weighted by atomic mass is 15.3. The lowest BCUT2D eigenvalue weighted by molar-refractivity contribution is 0.639. The molecule has 0 fully saturated rings. The Kier molecular flexibility index (Phi) is 3.10. The Balaban J connectivity index is 2.35. The van der Waals surface area contributed by atoms with Crippen LogP contribution in [0.5, 0.6) is 0 Å². The average Bonchev–Trinajstić information content (AvgIpc) is 2.68. The van der Waals surface area contributed by atoms with Crippen LogP contribution in [0.2, 0.25) is 0 Å². The highest BCUT2D eigenvalue weighted by Crippen LogP contribution is 2.23. The summed E-state index contributed by atoms with van der Waals surface area (Å²) >= 11 is 0. The molecular formula is C13H14N4. The molecular weight excluding hydrogens is 212 g/mol. The molecule has 0 saturated heterocycles. The van der Waals surface area contributed by atoms with E-state index in [0.717, 1.165) is 16.8 Å². The summed E-state index contributed by atoms with van der Waals surface area (Å²) in [7, 11) is 0. The van der Waals surface area contributed by atoms with E-state index in [4.69, 9.17) is 11.0 Å². The Morgan fingerprint density at radius 2 is 2.18 bits per heavy atom. The van der Waals surface area contributed by atoms with E-state index in [-0.39, 0.29) is 0 Å². The topological polar surface area (TPSA) is 67.6 Å². The first kappa shape index (κ1) is 11.2. The smallest absolute Gasteiger partial charge is 0.122 e. The maximum absolute atomic E-state index is 8.55. The van der Waals surface area contributed by atoms with E-state index in [9.17, 15) is 0 Å². The molecule has 0 aliphatic carbocycles. The van der Waals surface area contributed by atoms with Crippen molar-refractivity contribution < 1.29 is 0 Å².